The molecule has 0 aliphatic carbocycles. The summed E-state index contributed by atoms with van der Waals surface area (Å²) in [5.41, 5.74) is -0.267. The molecule has 1 aromatic rings. The lowest BCUT2D eigenvalue weighted by Crippen LogP contribution is -2.33. The van der Waals surface area contributed by atoms with E-state index in [1.807, 2.05) is 31.5 Å². The maximum atomic E-state index is 10.5. The Labute approximate surface area is 95.5 Å². The zero-order valence-corrected chi connectivity index (χ0v) is 10.0. The van der Waals surface area contributed by atoms with Crippen LogP contribution in [0, 0.1) is 0 Å². The van der Waals surface area contributed by atoms with Gasteiger partial charge in [-0.15, -0.1) is 0 Å². The van der Waals surface area contributed by atoms with E-state index in [0.29, 0.717) is 6.42 Å². The van der Waals surface area contributed by atoms with Gasteiger partial charge < -0.3 is 15.0 Å². The molecular formula is C11H19N3O2. The summed E-state index contributed by atoms with van der Waals surface area (Å²) in [6.07, 6.45) is 4.36. The molecule has 0 bridgehead atoms. The number of imidazole rings is 1. The second kappa shape index (κ2) is 5.01. The first-order chi connectivity index (χ1) is 7.44. The molecule has 0 aliphatic rings. The fourth-order valence-electron chi connectivity index (χ4n) is 1.47. The number of carboxylic acid groups (broad SMARTS) is 1. The average molecular weight is 225 g/mol. The standard InChI is InChI=1S/C11H19N3O2/c1-4-14-8-7-12-10(14)13-11(2,3)6-5-9(15)16/h7-8H,4-6H2,1-3H3,(H,12,13)(H,15,16). The number of aliphatic carboxylic acids is 1. The van der Waals surface area contributed by atoms with E-state index in [0.717, 1.165) is 12.5 Å². The van der Waals surface area contributed by atoms with E-state index in [1.165, 1.54) is 0 Å². The molecule has 16 heavy (non-hydrogen) atoms. The molecule has 0 radical (unpaired) electrons. The third-order valence-electron chi connectivity index (χ3n) is 2.47. The molecule has 5 nitrogen and oxygen atoms in total. The van der Waals surface area contributed by atoms with Crippen molar-refractivity contribution < 1.29 is 9.90 Å². The fraction of sp³-hybridized carbons (Fsp3) is 0.636. The van der Waals surface area contributed by atoms with Gasteiger partial charge in [0, 0.05) is 30.9 Å². The van der Waals surface area contributed by atoms with Crippen LogP contribution < -0.4 is 5.32 Å². The van der Waals surface area contributed by atoms with Crippen molar-refractivity contribution in [1.82, 2.24) is 9.55 Å². The third kappa shape index (κ3) is 3.56. The Kier molecular flexibility index (Phi) is 3.93. The molecule has 0 fully saturated rings. The molecule has 0 aromatic carbocycles. The first-order valence-corrected chi connectivity index (χ1v) is 5.46. The molecule has 1 aromatic heterocycles. The Hall–Kier alpha value is -1.52. The first-order valence-electron chi connectivity index (χ1n) is 5.46. The normalized spacial score (nSPS) is 11.4. The number of rotatable bonds is 6. The van der Waals surface area contributed by atoms with Crippen molar-refractivity contribution in [2.24, 2.45) is 0 Å². The Morgan fingerprint density at radius 3 is 2.88 bits per heavy atom. The smallest absolute Gasteiger partial charge is 0.303 e. The summed E-state index contributed by atoms with van der Waals surface area (Å²) in [5, 5.41) is 11.9. The predicted octanol–water partition coefficient (Wildman–Crippen LogP) is 1.96. The van der Waals surface area contributed by atoms with Gasteiger partial charge in [0.2, 0.25) is 5.95 Å². The Morgan fingerprint density at radius 2 is 2.31 bits per heavy atom. The number of nitrogens with zero attached hydrogens (tertiary/aromatic N) is 2. The largest absolute Gasteiger partial charge is 0.481 e. The summed E-state index contributed by atoms with van der Waals surface area (Å²) >= 11 is 0. The van der Waals surface area contributed by atoms with Gasteiger partial charge in [-0.1, -0.05) is 0 Å². The van der Waals surface area contributed by atoms with Crippen LogP contribution in [0.5, 0.6) is 0 Å². The van der Waals surface area contributed by atoms with Crippen molar-refractivity contribution in [2.45, 2.75) is 45.7 Å². The predicted molar refractivity (Wildman–Crippen MR) is 62.5 cm³/mol. The second-order valence-corrected chi connectivity index (χ2v) is 4.44. The van der Waals surface area contributed by atoms with Crippen LogP contribution in [-0.4, -0.2) is 26.2 Å². The van der Waals surface area contributed by atoms with Gasteiger partial charge in [-0.05, 0) is 27.2 Å². The minimum absolute atomic E-state index is 0.160. The lowest BCUT2D eigenvalue weighted by Gasteiger charge is -2.26. The molecule has 0 saturated carbocycles. The maximum absolute atomic E-state index is 10.5. The number of carboxylic acids is 1. The third-order valence-corrected chi connectivity index (χ3v) is 2.47. The van der Waals surface area contributed by atoms with Crippen LogP contribution >= 0.6 is 0 Å². The summed E-state index contributed by atoms with van der Waals surface area (Å²) in [6, 6.07) is 0. The molecule has 0 saturated heterocycles. The summed E-state index contributed by atoms with van der Waals surface area (Å²) in [7, 11) is 0. The number of hydrogen-bond donors (Lipinski definition) is 2. The minimum atomic E-state index is -0.770. The van der Waals surface area contributed by atoms with E-state index in [9.17, 15) is 4.79 Å². The average Bonchev–Trinajstić information content (AvgIpc) is 2.61. The lowest BCUT2D eigenvalue weighted by atomic mass is 9.99. The number of nitrogens with one attached hydrogen (secondary N) is 1. The molecule has 2 N–H and O–H groups in total. The van der Waals surface area contributed by atoms with E-state index in [-0.39, 0.29) is 12.0 Å². The van der Waals surface area contributed by atoms with Gasteiger partial charge in [0.15, 0.2) is 0 Å². The summed E-state index contributed by atoms with van der Waals surface area (Å²) in [5.74, 6) is 0.0200. The molecule has 1 rings (SSSR count). The lowest BCUT2D eigenvalue weighted by molar-refractivity contribution is -0.137. The van der Waals surface area contributed by atoms with Gasteiger partial charge in [0.1, 0.15) is 0 Å². The molecule has 0 aliphatic heterocycles. The van der Waals surface area contributed by atoms with Crippen molar-refractivity contribution in [3.8, 4) is 0 Å². The van der Waals surface area contributed by atoms with Crippen molar-refractivity contribution in [2.75, 3.05) is 5.32 Å². The maximum Gasteiger partial charge on any atom is 0.303 e. The molecule has 0 atom stereocenters. The van der Waals surface area contributed by atoms with Gasteiger partial charge in [0.25, 0.3) is 0 Å². The van der Waals surface area contributed by atoms with Crippen molar-refractivity contribution >= 4 is 11.9 Å². The summed E-state index contributed by atoms with van der Waals surface area (Å²) in [4.78, 5) is 14.7. The van der Waals surface area contributed by atoms with Crippen LogP contribution in [0.1, 0.15) is 33.6 Å². The molecule has 1 heterocycles. The highest BCUT2D eigenvalue weighted by atomic mass is 16.4. The summed E-state index contributed by atoms with van der Waals surface area (Å²) in [6.45, 7) is 6.84. The highest BCUT2D eigenvalue weighted by Gasteiger charge is 2.20. The van der Waals surface area contributed by atoms with Gasteiger partial charge >= 0.3 is 5.97 Å². The number of carbonyl (C=O) groups is 1. The number of aromatic nitrogens is 2. The monoisotopic (exact) mass is 225 g/mol. The van der Waals surface area contributed by atoms with E-state index in [1.54, 1.807) is 6.20 Å². The highest BCUT2D eigenvalue weighted by Crippen LogP contribution is 2.18. The Morgan fingerprint density at radius 1 is 1.62 bits per heavy atom. The van der Waals surface area contributed by atoms with E-state index >= 15 is 0 Å². The minimum Gasteiger partial charge on any atom is -0.481 e. The Bertz CT molecular complexity index is 358. The van der Waals surface area contributed by atoms with Crippen LogP contribution in [-0.2, 0) is 11.3 Å². The highest BCUT2D eigenvalue weighted by molar-refractivity contribution is 5.66. The van der Waals surface area contributed by atoms with Crippen molar-refractivity contribution in [3.63, 3.8) is 0 Å². The SMILES string of the molecule is CCn1ccnc1NC(C)(C)CCC(=O)O. The second-order valence-electron chi connectivity index (χ2n) is 4.44. The zero-order chi connectivity index (χ0) is 12.2. The van der Waals surface area contributed by atoms with Crippen LogP contribution in [0.3, 0.4) is 0 Å². The van der Waals surface area contributed by atoms with E-state index < -0.39 is 5.97 Å². The van der Waals surface area contributed by atoms with Crippen LogP contribution in [0.2, 0.25) is 0 Å². The van der Waals surface area contributed by atoms with Crippen LogP contribution in [0.15, 0.2) is 12.4 Å². The number of aryl methyl sites for hydroxylation is 1. The van der Waals surface area contributed by atoms with E-state index in [4.69, 9.17) is 5.11 Å². The topological polar surface area (TPSA) is 67.2 Å². The molecule has 90 valence electrons. The van der Waals surface area contributed by atoms with Gasteiger partial charge in [-0.3, -0.25) is 4.79 Å². The molecule has 0 unspecified atom stereocenters. The van der Waals surface area contributed by atoms with Gasteiger partial charge in [-0.25, -0.2) is 4.98 Å². The van der Waals surface area contributed by atoms with Gasteiger partial charge in [0.05, 0.1) is 0 Å². The van der Waals surface area contributed by atoms with Crippen LogP contribution in [0.25, 0.3) is 0 Å². The number of anilines is 1. The Balaban J connectivity index is 2.61. The fourth-order valence-corrected chi connectivity index (χ4v) is 1.47. The molecular weight excluding hydrogens is 206 g/mol. The molecule has 0 spiro atoms. The van der Waals surface area contributed by atoms with Gasteiger partial charge in [-0.2, -0.15) is 0 Å². The van der Waals surface area contributed by atoms with Crippen LogP contribution in [0.4, 0.5) is 5.95 Å². The molecule has 5 heteroatoms. The van der Waals surface area contributed by atoms with E-state index in [2.05, 4.69) is 10.3 Å². The van der Waals surface area contributed by atoms with Crippen molar-refractivity contribution in [1.29, 1.82) is 0 Å². The van der Waals surface area contributed by atoms with Crippen molar-refractivity contribution in [3.05, 3.63) is 12.4 Å². The zero-order valence-electron chi connectivity index (χ0n) is 10.0. The molecule has 0 amide bonds. The first kappa shape index (κ1) is 12.5. The summed E-state index contributed by atoms with van der Waals surface area (Å²) < 4.78 is 1.99. The number of hydrogen-bond acceptors (Lipinski definition) is 3. The quantitative estimate of drug-likeness (QED) is 0.776.